The van der Waals surface area contributed by atoms with Crippen LogP contribution in [-0.4, -0.2) is 66.2 Å². The Hall–Kier alpha value is -4.41. The molecule has 4 N–H and O–H groups in total. The van der Waals surface area contributed by atoms with Crippen LogP contribution in [0.1, 0.15) is 67.4 Å². The lowest BCUT2D eigenvalue weighted by atomic mass is 10.0. The summed E-state index contributed by atoms with van der Waals surface area (Å²) < 4.78 is 5.79. The van der Waals surface area contributed by atoms with Crippen LogP contribution in [0, 0.1) is 5.92 Å². The molecule has 2 heterocycles. The van der Waals surface area contributed by atoms with E-state index in [1.54, 1.807) is 24.3 Å². The van der Waals surface area contributed by atoms with Gasteiger partial charge in [0.1, 0.15) is 24.4 Å². The number of rotatable bonds is 7. The third-order valence-corrected chi connectivity index (χ3v) is 7.47. The van der Waals surface area contributed by atoms with E-state index in [4.69, 9.17) is 4.74 Å². The Morgan fingerprint density at radius 3 is 2.47 bits per heavy atom. The molecule has 0 bridgehead atoms. The van der Waals surface area contributed by atoms with Gasteiger partial charge in [-0.1, -0.05) is 50.2 Å². The van der Waals surface area contributed by atoms with Crippen molar-refractivity contribution in [2.24, 2.45) is 5.92 Å². The second-order valence-corrected chi connectivity index (χ2v) is 11.4. The molecule has 1 fully saturated rings. The molecule has 2 aromatic rings. The molecule has 4 rings (SSSR count). The third kappa shape index (κ3) is 9.29. The number of nitrogens with zero attached hydrogens (tertiary/aromatic N) is 1. The largest absolute Gasteiger partial charge is 0.491 e. The van der Waals surface area contributed by atoms with E-state index in [0.29, 0.717) is 25.1 Å². The van der Waals surface area contributed by atoms with Crippen LogP contribution in [0.5, 0.6) is 5.75 Å². The summed E-state index contributed by atoms with van der Waals surface area (Å²) in [5.74, 6) is -0.982. The number of fused-ring (bicyclic) bond motifs is 1. The minimum Gasteiger partial charge on any atom is -0.491 e. The number of amides is 5. The number of hydrogen-bond donors (Lipinski definition) is 4. The van der Waals surface area contributed by atoms with Gasteiger partial charge in [-0.2, -0.15) is 0 Å². The zero-order chi connectivity index (χ0) is 30.8. The van der Waals surface area contributed by atoms with Crippen LogP contribution >= 0.6 is 0 Å². The van der Waals surface area contributed by atoms with Gasteiger partial charge >= 0.3 is 0 Å². The highest BCUT2D eigenvalue weighted by molar-refractivity contribution is 5.99. The zero-order valence-electron chi connectivity index (χ0n) is 24.8. The van der Waals surface area contributed by atoms with Crippen molar-refractivity contribution in [2.45, 2.75) is 71.1 Å². The van der Waals surface area contributed by atoms with Gasteiger partial charge < -0.3 is 30.9 Å². The number of carbonyl (C=O) groups is 5. The Morgan fingerprint density at radius 2 is 1.74 bits per heavy atom. The normalized spacial score (nSPS) is 20.2. The highest BCUT2D eigenvalue weighted by atomic mass is 16.5. The molecular weight excluding hydrogens is 550 g/mol. The van der Waals surface area contributed by atoms with Crippen molar-refractivity contribution >= 4 is 29.5 Å². The zero-order valence-corrected chi connectivity index (χ0v) is 24.8. The molecule has 0 unspecified atom stereocenters. The summed E-state index contributed by atoms with van der Waals surface area (Å²) in [5, 5.41) is 11.2. The molecule has 0 aliphatic carbocycles. The number of para-hydroxylation sites is 1. The smallest absolute Gasteiger partial charge is 0.255 e. The van der Waals surface area contributed by atoms with Crippen LogP contribution in [0.3, 0.4) is 0 Å². The summed E-state index contributed by atoms with van der Waals surface area (Å²) in [6.45, 7) is 5.80. The maximum absolute atomic E-state index is 13.3. The van der Waals surface area contributed by atoms with Crippen molar-refractivity contribution in [3.8, 4) is 5.75 Å². The molecule has 11 heteroatoms. The molecule has 11 nitrogen and oxygen atoms in total. The van der Waals surface area contributed by atoms with Crippen LogP contribution in [0.2, 0.25) is 0 Å². The summed E-state index contributed by atoms with van der Waals surface area (Å²) in [7, 11) is 0. The lowest BCUT2D eigenvalue weighted by Gasteiger charge is -2.21. The highest BCUT2D eigenvalue weighted by Gasteiger charge is 2.27. The fraction of sp³-hybridized carbons (Fsp3) is 0.469. The highest BCUT2D eigenvalue weighted by Crippen LogP contribution is 2.19. The molecule has 2 aliphatic heterocycles. The van der Waals surface area contributed by atoms with E-state index >= 15 is 0 Å². The Bertz CT molecular complexity index is 1310. The Morgan fingerprint density at radius 1 is 1.00 bits per heavy atom. The first-order chi connectivity index (χ1) is 20.7. The van der Waals surface area contributed by atoms with Gasteiger partial charge in [0.25, 0.3) is 5.91 Å². The molecule has 1 saturated heterocycles. The first kappa shape index (κ1) is 31.5. The lowest BCUT2D eigenvalue weighted by molar-refractivity contribution is -0.130. The van der Waals surface area contributed by atoms with Crippen molar-refractivity contribution in [1.29, 1.82) is 0 Å². The predicted molar refractivity (Wildman–Crippen MR) is 160 cm³/mol. The van der Waals surface area contributed by atoms with Crippen LogP contribution in [-0.2, 0) is 32.3 Å². The van der Waals surface area contributed by atoms with Crippen molar-refractivity contribution in [2.75, 3.05) is 19.7 Å². The average Bonchev–Trinajstić information content (AvgIpc) is 3.39. The van der Waals surface area contributed by atoms with Crippen LogP contribution in [0.4, 0.5) is 0 Å². The summed E-state index contributed by atoms with van der Waals surface area (Å²) in [5.41, 5.74) is 2.11. The van der Waals surface area contributed by atoms with Gasteiger partial charge in [-0.3, -0.25) is 24.0 Å². The van der Waals surface area contributed by atoms with E-state index in [9.17, 15) is 24.0 Å². The van der Waals surface area contributed by atoms with Crippen LogP contribution in [0.15, 0.2) is 48.5 Å². The van der Waals surface area contributed by atoms with E-state index in [2.05, 4.69) is 21.3 Å². The maximum atomic E-state index is 13.3. The van der Waals surface area contributed by atoms with Crippen molar-refractivity contribution < 1.29 is 28.7 Å². The van der Waals surface area contributed by atoms with Gasteiger partial charge in [0.15, 0.2) is 0 Å². The van der Waals surface area contributed by atoms with Gasteiger partial charge in [-0.25, -0.2) is 0 Å². The van der Waals surface area contributed by atoms with E-state index < -0.39 is 23.9 Å². The quantitative estimate of drug-likeness (QED) is 0.388. The van der Waals surface area contributed by atoms with Crippen LogP contribution < -0.4 is 26.0 Å². The Balaban J connectivity index is 1.45. The van der Waals surface area contributed by atoms with E-state index in [0.717, 1.165) is 24.1 Å². The number of benzene rings is 2. The SMILES string of the molecule is CC(C)C[C@@H]1NC(=O)CC[C@@H](C(=O)NCc2ccc(CN3CCCC3=O)cc2)NC(=O)c2ccccc2OCCNC1=O. The third-order valence-electron chi connectivity index (χ3n) is 7.47. The first-order valence-corrected chi connectivity index (χ1v) is 14.9. The summed E-state index contributed by atoms with van der Waals surface area (Å²) in [6.07, 6.45) is 1.90. The average molecular weight is 592 g/mol. The van der Waals surface area contributed by atoms with Crippen molar-refractivity contribution in [3.05, 3.63) is 65.2 Å². The summed E-state index contributed by atoms with van der Waals surface area (Å²) in [6, 6.07) is 12.6. The standard InChI is InChI=1S/C32H41N5O6/c1-21(2)18-26-32(42)33-15-17-43-27-7-4-3-6-24(27)30(40)36-25(13-14-28(38)35-26)31(41)34-19-22-9-11-23(12-10-22)20-37-16-5-8-29(37)39/h3-4,6-7,9-12,21,25-26H,5,8,13-20H2,1-2H3,(H,33,42)(H,34,41)(H,35,38)(H,36,40)/t25-,26-/m0/s1. The number of likely N-dealkylation sites (tertiary alicyclic amines) is 1. The van der Waals surface area contributed by atoms with Gasteiger partial charge in [0, 0.05) is 32.5 Å². The van der Waals surface area contributed by atoms with Gasteiger partial charge in [-0.15, -0.1) is 0 Å². The van der Waals surface area contributed by atoms with Gasteiger partial charge in [-0.05, 0) is 48.4 Å². The molecule has 0 saturated carbocycles. The van der Waals surface area contributed by atoms with E-state index in [1.807, 2.05) is 43.0 Å². The minimum absolute atomic E-state index is 0.0330. The fourth-order valence-electron chi connectivity index (χ4n) is 5.15. The second-order valence-electron chi connectivity index (χ2n) is 11.4. The summed E-state index contributed by atoms with van der Waals surface area (Å²) >= 11 is 0. The number of nitrogens with one attached hydrogen (secondary N) is 4. The molecule has 2 aliphatic rings. The number of carbonyl (C=O) groups excluding carboxylic acids is 5. The Labute approximate surface area is 252 Å². The van der Waals surface area contributed by atoms with E-state index in [-0.39, 0.29) is 61.7 Å². The summed E-state index contributed by atoms with van der Waals surface area (Å²) in [4.78, 5) is 66.1. The number of ether oxygens (including phenoxy) is 1. The molecular formula is C32H41N5O6. The lowest BCUT2D eigenvalue weighted by Crippen LogP contribution is -2.49. The first-order valence-electron chi connectivity index (χ1n) is 14.9. The van der Waals surface area contributed by atoms with Crippen molar-refractivity contribution in [1.82, 2.24) is 26.2 Å². The van der Waals surface area contributed by atoms with Crippen LogP contribution in [0.25, 0.3) is 0 Å². The second kappa shape index (κ2) is 15.2. The maximum Gasteiger partial charge on any atom is 0.255 e. The molecule has 230 valence electrons. The molecule has 2 aromatic carbocycles. The monoisotopic (exact) mass is 591 g/mol. The predicted octanol–water partition coefficient (Wildman–Crippen LogP) is 2.04. The van der Waals surface area contributed by atoms with Crippen molar-refractivity contribution in [3.63, 3.8) is 0 Å². The minimum atomic E-state index is -1.01. The topological polar surface area (TPSA) is 146 Å². The molecule has 0 aromatic heterocycles. The van der Waals surface area contributed by atoms with E-state index in [1.165, 1.54) is 0 Å². The molecule has 43 heavy (non-hydrogen) atoms. The Kier molecular flexibility index (Phi) is 11.1. The molecule has 2 atom stereocenters. The fourth-order valence-corrected chi connectivity index (χ4v) is 5.15. The molecule has 0 spiro atoms. The molecule has 5 amide bonds. The van der Waals surface area contributed by atoms with Gasteiger partial charge in [0.2, 0.25) is 23.6 Å². The van der Waals surface area contributed by atoms with Gasteiger partial charge in [0.05, 0.1) is 12.1 Å². The number of hydrogen-bond acceptors (Lipinski definition) is 6. The molecule has 0 radical (unpaired) electrons.